The Hall–Kier alpha value is -0.530. The van der Waals surface area contributed by atoms with Gasteiger partial charge in [-0.25, -0.2) is 4.79 Å². The van der Waals surface area contributed by atoms with Crippen LogP contribution in [0.1, 0.15) is 12.8 Å². The SMILES string of the molecule is O=C(O)C1CCCN(C(=O)OI)C1. The van der Waals surface area contributed by atoms with Crippen molar-refractivity contribution in [1.29, 1.82) is 0 Å². The molecular formula is C7H10INO4. The van der Waals surface area contributed by atoms with E-state index in [-0.39, 0.29) is 6.54 Å². The fraction of sp³-hybridized carbons (Fsp3) is 0.714. The lowest BCUT2D eigenvalue weighted by atomic mass is 9.99. The minimum atomic E-state index is -0.842. The van der Waals surface area contributed by atoms with Crippen molar-refractivity contribution >= 4 is 35.1 Å². The highest BCUT2D eigenvalue weighted by molar-refractivity contribution is 14.1. The van der Waals surface area contributed by atoms with Crippen LogP contribution in [0.25, 0.3) is 0 Å². The molecule has 1 heterocycles. The van der Waals surface area contributed by atoms with Crippen molar-refractivity contribution in [3.63, 3.8) is 0 Å². The normalized spacial score (nSPS) is 22.5. The van der Waals surface area contributed by atoms with Crippen LogP contribution in [0.15, 0.2) is 0 Å². The molecule has 1 unspecified atom stereocenters. The molecule has 13 heavy (non-hydrogen) atoms. The number of aliphatic carboxylic acids is 1. The first kappa shape index (κ1) is 10.6. The highest BCUT2D eigenvalue weighted by atomic mass is 127. The molecule has 74 valence electrons. The number of halogens is 1. The number of carboxylic acids is 1. The number of carbonyl (C=O) groups excluding carboxylic acids is 1. The Kier molecular flexibility index (Phi) is 3.76. The average molecular weight is 299 g/mol. The monoisotopic (exact) mass is 299 g/mol. The third kappa shape index (κ3) is 2.71. The summed E-state index contributed by atoms with van der Waals surface area (Å²) in [7, 11) is 0. The van der Waals surface area contributed by atoms with Gasteiger partial charge in [-0.1, -0.05) is 0 Å². The second kappa shape index (κ2) is 4.64. The van der Waals surface area contributed by atoms with Gasteiger partial charge in [-0.3, -0.25) is 4.79 Å². The van der Waals surface area contributed by atoms with Crippen molar-refractivity contribution in [3.05, 3.63) is 0 Å². The van der Waals surface area contributed by atoms with E-state index in [1.54, 1.807) is 0 Å². The Bertz CT molecular complexity index is 221. The summed E-state index contributed by atoms with van der Waals surface area (Å²) >= 11 is 1.50. The van der Waals surface area contributed by atoms with Gasteiger partial charge in [0.15, 0.2) is 23.0 Å². The van der Waals surface area contributed by atoms with Gasteiger partial charge in [0.25, 0.3) is 0 Å². The van der Waals surface area contributed by atoms with Crippen molar-refractivity contribution in [1.82, 2.24) is 4.90 Å². The summed E-state index contributed by atoms with van der Waals surface area (Å²) in [5.74, 6) is -1.28. The lowest BCUT2D eigenvalue weighted by Gasteiger charge is -2.28. The molecule has 0 spiro atoms. The highest BCUT2D eigenvalue weighted by Gasteiger charge is 2.28. The summed E-state index contributed by atoms with van der Waals surface area (Å²) in [5, 5.41) is 8.73. The molecule has 1 rings (SSSR count). The molecule has 1 atom stereocenters. The maximum Gasteiger partial charge on any atom is 0.419 e. The number of likely N-dealkylation sites (tertiary alicyclic amines) is 1. The van der Waals surface area contributed by atoms with Gasteiger partial charge in [-0.2, -0.15) is 0 Å². The maximum absolute atomic E-state index is 11.0. The third-order valence-electron chi connectivity index (χ3n) is 2.09. The molecule has 6 heteroatoms. The Balaban J connectivity index is 2.51. The van der Waals surface area contributed by atoms with Gasteiger partial charge >= 0.3 is 12.1 Å². The summed E-state index contributed by atoms with van der Waals surface area (Å²) < 4.78 is 4.48. The first-order chi connectivity index (χ1) is 6.15. The second-order valence-corrected chi connectivity index (χ2v) is 3.41. The predicted molar refractivity (Wildman–Crippen MR) is 52.4 cm³/mol. The van der Waals surface area contributed by atoms with Gasteiger partial charge < -0.3 is 13.1 Å². The summed E-state index contributed by atoms with van der Waals surface area (Å²) in [6.07, 6.45) is 0.912. The van der Waals surface area contributed by atoms with E-state index in [1.165, 1.54) is 27.9 Å². The molecule has 1 saturated heterocycles. The minimum absolute atomic E-state index is 0.261. The molecule has 0 radical (unpaired) electrons. The topological polar surface area (TPSA) is 66.8 Å². The molecular weight excluding hydrogens is 289 g/mol. The zero-order valence-corrected chi connectivity index (χ0v) is 9.06. The van der Waals surface area contributed by atoms with Crippen molar-refractivity contribution in [3.8, 4) is 0 Å². The van der Waals surface area contributed by atoms with Crippen molar-refractivity contribution in [2.75, 3.05) is 13.1 Å². The minimum Gasteiger partial charge on any atom is -0.481 e. The Morgan fingerprint density at radius 1 is 1.54 bits per heavy atom. The lowest BCUT2D eigenvalue weighted by molar-refractivity contribution is -0.143. The van der Waals surface area contributed by atoms with Crippen LogP contribution < -0.4 is 0 Å². The zero-order valence-electron chi connectivity index (χ0n) is 6.90. The molecule has 0 bridgehead atoms. The molecule has 5 nitrogen and oxygen atoms in total. The molecule has 0 aromatic carbocycles. The average Bonchev–Trinajstić information content (AvgIpc) is 2.17. The first-order valence-electron chi connectivity index (χ1n) is 3.95. The zero-order chi connectivity index (χ0) is 9.84. The van der Waals surface area contributed by atoms with Crippen molar-refractivity contribution in [2.45, 2.75) is 12.8 Å². The number of piperidine rings is 1. The van der Waals surface area contributed by atoms with E-state index in [0.717, 1.165) is 6.42 Å². The first-order valence-corrected chi connectivity index (χ1v) is 4.83. The van der Waals surface area contributed by atoms with Crippen LogP contribution in [0.4, 0.5) is 4.79 Å². The standard InChI is InChI=1S/C7H10INO4/c8-13-7(12)9-3-1-2-5(4-9)6(10)11/h5H,1-4H2,(H,10,11). The van der Waals surface area contributed by atoms with Gasteiger partial charge in [0, 0.05) is 13.1 Å². The number of hydrogen-bond donors (Lipinski definition) is 1. The fourth-order valence-electron chi connectivity index (χ4n) is 1.39. The second-order valence-electron chi connectivity index (χ2n) is 2.97. The Morgan fingerprint density at radius 2 is 2.23 bits per heavy atom. The predicted octanol–water partition coefficient (Wildman–Crippen LogP) is 1.27. The molecule has 1 amide bonds. The van der Waals surface area contributed by atoms with E-state index in [1.807, 2.05) is 0 Å². The van der Waals surface area contributed by atoms with Crippen LogP contribution in [0.5, 0.6) is 0 Å². The third-order valence-corrected chi connectivity index (χ3v) is 2.47. The fourth-order valence-corrected chi connectivity index (χ4v) is 1.67. The van der Waals surface area contributed by atoms with Crippen LogP contribution in [0.2, 0.25) is 0 Å². The van der Waals surface area contributed by atoms with E-state index in [9.17, 15) is 9.59 Å². The molecule has 0 aliphatic carbocycles. The molecule has 1 aliphatic heterocycles. The molecule has 1 fully saturated rings. The van der Waals surface area contributed by atoms with Crippen molar-refractivity contribution < 1.29 is 17.8 Å². The number of carbonyl (C=O) groups is 2. The lowest BCUT2D eigenvalue weighted by Crippen LogP contribution is -2.41. The van der Waals surface area contributed by atoms with E-state index in [0.29, 0.717) is 13.0 Å². The summed E-state index contributed by atoms with van der Waals surface area (Å²) in [4.78, 5) is 23.1. The highest BCUT2D eigenvalue weighted by Crippen LogP contribution is 2.17. The number of amides is 1. The molecule has 0 aromatic heterocycles. The largest absolute Gasteiger partial charge is 0.481 e. The van der Waals surface area contributed by atoms with Crippen LogP contribution in [0, 0.1) is 5.92 Å². The van der Waals surface area contributed by atoms with Gasteiger partial charge in [0.05, 0.1) is 5.92 Å². The summed E-state index contributed by atoms with van der Waals surface area (Å²) in [6, 6.07) is 0. The van der Waals surface area contributed by atoms with E-state index in [4.69, 9.17) is 5.11 Å². The molecule has 1 aliphatic rings. The smallest absolute Gasteiger partial charge is 0.419 e. The van der Waals surface area contributed by atoms with Crippen LogP contribution in [-0.2, 0) is 7.86 Å². The number of hydrogen-bond acceptors (Lipinski definition) is 3. The summed E-state index contributed by atoms with van der Waals surface area (Å²) in [5.41, 5.74) is 0. The van der Waals surface area contributed by atoms with E-state index >= 15 is 0 Å². The van der Waals surface area contributed by atoms with E-state index < -0.39 is 18.0 Å². The Morgan fingerprint density at radius 3 is 2.77 bits per heavy atom. The van der Waals surface area contributed by atoms with Gasteiger partial charge in [0.2, 0.25) is 0 Å². The van der Waals surface area contributed by atoms with Gasteiger partial charge in [-0.05, 0) is 12.8 Å². The summed E-state index contributed by atoms with van der Waals surface area (Å²) in [6.45, 7) is 0.850. The molecule has 0 saturated carbocycles. The van der Waals surface area contributed by atoms with Crippen LogP contribution in [-0.4, -0.2) is 35.2 Å². The molecule has 0 aromatic rings. The molecule has 1 N–H and O–H groups in total. The number of carboxylic acid groups (broad SMARTS) is 1. The Labute approximate surface area is 89.7 Å². The number of rotatable bonds is 1. The van der Waals surface area contributed by atoms with Gasteiger partial charge in [0.1, 0.15) is 0 Å². The van der Waals surface area contributed by atoms with Crippen LogP contribution in [0.3, 0.4) is 0 Å². The quantitative estimate of drug-likeness (QED) is 0.740. The van der Waals surface area contributed by atoms with Gasteiger partial charge in [-0.15, -0.1) is 0 Å². The van der Waals surface area contributed by atoms with Crippen molar-refractivity contribution in [2.24, 2.45) is 5.92 Å². The maximum atomic E-state index is 11.0. The number of nitrogens with zero attached hydrogens (tertiary/aromatic N) is 1. The van der Waals surface area contributed by atoms with E-state index in [2.05, 4.69) is 3.07 Å². The van der Waals surface area contributed by atoms with Crippen LogP contribution >= 0.6 is 23.0 Å².